The number of benzene rings is 3. The van der Waals surface area contributed by atoms with E-state index in [9.17, 15) is 0 Å². The van der Waals surface area contributed by atoms with Crippen molar-refractivity contribution in [2.24, 2.45) is 4.99 Å². The van der Waals surface area contributed by atoms with Crippen LogP contribution >= 0.6 is 0 Å². The molecule has 0 radical (unpaired) electrons. The van der Waals surface area contributed by atoms with Gasteiger partial charge in [-0.25, -0.2) is 10.0 Å². The number of anilines is 1. The van der Waals surface area contributed by atoms with Crippen molar-refractivity contribution in [3.63, 3.8) is 0 Å². The maximum atomic E-state index is 5.29. The largest absolute Gasteiger partial charge is 0.497 e. The molecule has 3 aromatic rings. The summed E-state index contributed by atoms with van der Waals surface area (Å²) in [5.74, 6) is 1.93. The van der Waals surface area contributed by atoms with Gasteiger partial charge in [0, 0.05) is 37.4 Å². The third-order valence-corrected chi connectivity index (χ3v) is 5.85. The Hall–Kier alpha value is -3.31. The first-order valence-corrected chi connectivity index (χ1v) is 10.5. The average molecular weight is 399 g/mol. The molecule has 0 N–H and O–H groups in total. The normalized spacial score (nSPS) is 16.8. The van der Waals surface area contributed by atoms with Gasteiger partial charge in [0.05, 0.1) is 19.3 Å². The summed E-state index contributed by atoms with van der Waals surface area (Å²) in [6.45, 7) is 4.73. The van der Waals surface area contributed by atoms with Crippen molar-refractivity contribution in [1.29, 1.82) is 0 Å². The average Bonchev–Trinajstić information content (AvgIpc) is 2.84. The molecule has 0 saturated carbocycles. The second kappa shape index (κ2) is 8.20. The lowest BCUT2D eigenvalue weighted by molar-refractivity contribution is 0.0309. The first kappa shape index (κ1) is 18.7. The zero-order chi connectivity index (χ0) is 20.3. The van der Waals surface area contributed by atoms with Gasteiger partial charge in [-0.2, -0.15) is 0 Å². The lowest BCUT2D eigenvalue weighted by Gasteiger charge is -2.44. The smallest absolute Gasteiger partial charge is 0.151 e. The van der Waals surface area contributed by atoms with Crippen LogP contribution in [0.3, 0.4) is 0 Å². The summed E-state index contributed by atoms with van der Waals surface area (Å²) < 4.78 is 5.29. The monoisotopic (exact) mass is 398 g/mol. The zero-order valence-corrected chi connectivity index (χ0v) is 17.2. The van der Waals surface area contributed by atoms with Crippen molar-refractivity contribution in [2.75, 3.05) is 38.2 Å². The minimum Gasteiger partial charge on any atom is -0.497 e. The van der Waals surface area contributed by atoms with Crippen molar-refractivity contribution in [3.8, 4) is 5.75 Å². The number of hydrazine groups is 1. The maximum absolute atomic E-state index is 5.29. The number of ether oxygens (including phenoxy) is 1. The molecule has 0 spiro atoms. The number of fused-ring (bicyclic) bond motifs is 1. The molecule has 2 aliphatic heterocycles. The predicted octanol–water partition coefficient (Wildman–Crippen LogP) is 4.33. The molecular weight excluding hydrogens is 372 g/mol. The maximum Gasteiger partial charge on any atom is 0.151 e. The zero-order valence-electron chi connectivity index (χ0n) is 17.2. The van der Waals surface area contributed by atoms with Crippen LogP contribution in [0.2, 0.25) is 0 Å². The fourth-order valence-electron chi connectivity index (χ4n) is 4.18. The number of para-hydroxylation sites is 1. The van der Waals surface area contributed by atoms with Crippen molar-refractivity contribution in [3.05, 3.63) is 90.0 Å². The predicted molar refractivity (Wildman–Crippen MR) is 121 cm³/mol. The number of amidine groups is 1. The highest BCUT2D eigenvalue weighted by Crippen LogP contribution is 2.30. The number of aliphatic imine (C=N–C) groups is 1. The molecule has 0 bridgehead atoms. The van der Waals surface area contributed by atoms with Crippen LogP contribution in [-0.2, 0) is 6.54 Å². The van der Waals surface area contributed by atoms with E-state index in [2.05, 4.69) is 81.6 Å². The molecule has 5 heteroatoms. The van der Waals surface area contributed by atoms with Gasteiger partial charge in [-0.3, -0.25) is 5.01 Å². The molecular formula is C25H26N4O. The van der Waals surface area contributed by atoms with Crippen molar-refractivity contribution in [1.82, 2.24) is 10.0 Å². The Morgan fingerprint density at radius 2 is 1.47 bits per heavy atom. The lowest BCUT2D eigenvalue weighted by atomic mass is 10.1. The molecule has 1 fully saturated rings. The van der Waals surface area contributed by atoms with E-state index in [-0.39, 0.29) is 0 Å². The Kier molecular flexibility index (Phi) is 5.11. The molecule has 152 valence electrons. The van der Waals surface area contributed by atoms with Gasteiger partial charge in [0.15, 0.2) is 5.84 Å². The molecule has 2 heterocycles. The van der Waals surface area contributed by atoms with Crippen LogP contribution in [-0.4, -0.2) is 49.1 Å². The van der Waals surface area contributed by atoms with Crippen LogP contribution in [0.4, 0.5) is 11.4 Å². The molecule has 0 aromatic heterocycles. The molecule has 0 amide bonds. The van der Waals surface area contributed by atoms with Crippen LogP contribution in [0, 0.1) is 0 Å². The standard InChI is InChI=1S/C25H26N4O/c1-30-23-13-11-22(12-14-23)27-15-17-28(18-16-27)29-19-21-9-5-6-10-24(21)26-25(29)20-7-3-2-4-8-20/h2-14H,15-19H2,1H3. The Morgan fingerprint density at radius 1 is 0.767 bits per heavy atom. The fraction of sp³-hybridized carbons (Fsp3) is 0.240. The number of nitrogens with zero attached hydrogens (tertiary/aromatic N) is 4. The fourth-order valence-corrected chi connectivity index (χ4v) is 4.18. The van der Waals surface area contributed by atoms with Gasteiger partial charge in [0.2, 0.25) is 0 Å². The topological polar surface area (TPSA) is 31.3 Å². The van der Waals surface area contributed by atoms with Crippen LogP contribution in [0.25, 0.3) is 0 Å². The first-order chi connectivity index (χ1) is 14.8. The van der Waals surface area contributed by atoms with Crippen LogP contribution in [0.1, 0.15) is 11.1 Å². The summed E-state index contributed by atoms with van der Waals surface area (Å²) in [6, 6.07) is 27.3. The van der Waals surface area contributed by atoms with Gasteiger partial charge < -0.3 is 9.64 Å². The molecule has 30 heavy (non-hydrogen) atoms. The van der Waals surface area contributed by atoms with Gasteiger partial charge >= 0.3 is 0 Å². The van der Waals surface area contributed by atoms with E-state index in [1.54, 1.807) is 7.11 Å². The van der Waals surface area contributed by atoms with Crippen LogP contribution in [0.5, 0.6) is 5.75 Å². The van der Waals surface area contributed by atoms with Crippen molar-refractivity contribution < 1.29 is 4.74 Å². The lowest BCUT2D eigenvalue weighted by Crippen LogP contribution is -2.56. The van der Waals surface area contributed by atoms with Gasteiger partial charge in [-0.1, -0.05) is 48.5 Å². The highest BCUT2D eigenvalue weighted by atomic mass is 16.5. The van der Waals surface area contributed by atoms with Crippen LogP contribution < -0.4 is 9.64 Å². The second-order valence-electron chi connectivity index (χ2n) is 7.63. The summed E-state index contributed by atoms with van der Waals surface area (Å²) in [4.78, 5) is 7.48. The van der Waals surface area contributed by atoms with Crippen molar-refractivity contribution in [2.45, 2.75) is 6.54 Å². The molecule has 5 nitrogen and oxygen atoms in total. The van der Waals surface area contributed by atoms with Crippen molar-refractivity contribution >= 4 is 17.2 Å². The minimum atomic E-state index is 0.854. The molecule has 5 rings (SSSR count). The summed E-state index contributed by atoms with van der Waals surface area (Å²) in [5, 5.41) is 4.81. The molecule has 0 aliphatic carbocycles. The third kappa shape index (κ3) is 3.64. The Labute approximate surface area is 177 Å². The number of piperazine rings is 1. The van der Waals surface area contributed by atoms with E-state index in [0.717, 1.165) is 55.6 Å². The van der Waals surface area contributed by atoms with Crippen LogP contribution in [0.15, 0.2) is 83.9 Å². The van der Waals surface area contributed by atoms with Gasteiger partial charge in [0.1, 0.15) is 5.75 Å². The van der Waals surface area contributed by atoms with Gasteiger partial charge in [0.25, 0.3) is 0 Å². The number of hydrogen-bond donors (Lipinski definition) is 0. The van der Waals surface area contributed by atoms with E-state index in [1.165, 1.54) is 11.3 Å². The Morgan fingerprint density at radius 3 is 2.20 bits per heavy atom. The Bertz CT molecular complexity index is 1020. The molecule has 3 aromatic carbocycles. The van der Waals surface area contributed by atoms with E-state index < -0.39 is 0 Å². The highest BCUT2D eigenvalue weighted by Gasteiger charge is 2.28. The summed E-state index contributed by atoms with van der Waals surface area (Å²) in [7, 11) is 1.70. The van der Waals surface area contributed by atoms with E-state index in [0.29, 0.717) is 0 Å². The van der Waals surface area contributed by atoms with E-state index >= 15 is 0 Å². The molecule has 1 saturated heterocycles. The number of hydrogen-bond acceptors (Lipinski definition) is 5. The molecule has 0 atom stereocenters. The van der Waals surface area contributed by atoms with E-state index in [4.69, 9.17) is 9.73 Å². The van der Waals surface area contributed by atoms with Gasteiger partial charge in [-0.15, -0.1) is 0 Å². The quantitative estimate of drug-likeness (QED) is 0.655. The summed E-state index contributed by atoms with van der Waals surface area (Å²) in [5.41, 5.74) is 4.75. The van der Waals surface area contributed by atoms with E-state index in [1.807, 2.05) is 12.1 Å². The summed E-state index contributed by atoms with van der Waals surface area (Å²) >= 11 is 0. The number of methoxy groups -OCH3 is 1. The second-order valence-corrected chi connectivity index (χ2v) is 7.63. The summed E-state index contributed by atoms with van der Waals surface area (Å²) in [6.07, 6.45) is 0. The number of rotatable bonds is 4. The molecule has 0 unspecified atom stereocenters. The third-order valence-electron chi connectivity index (χ3n) is 5.85. The highest BCUT2D eigenvalue weighted by molar-refractivity contribution is 6.01. The minimum absolute atomic E-state index is 0.854. The molecule has 2 aliphatic rings. The first-order valence-electron chi connectivity index (χ1n) is 10.5. The Balaban J connectivity index is 1.37. The van der Waals surface area contributed by atoms with Gasteiger partial charge in [-0.05, 0) is 35.9 Å². The SMILES string of the molecule is COc1ccc(N2CCN(N3Cc4ccccc4N=C3c3ccccc3)CC2)cc1.